The molecular formula is C15H20N2O2. The average molecular weight is 260 g/mol. The van der Waals surface area contributed by atoms with E-state index in [2.05, 4.69) is 35.8 Å². The van der Waals surface area contributed by atoms with E-state index in [1.807, 2.05) is 0 Å². The summed E-state index contributed by atoms with van der Waals surface area (Å²) in [6, 6.07) is 6.99. The molecule has 0 radical (unpaired) electrons. The van der Waals surface area contributed by atoms with Crippen molar-refractivity contribution in [2.24, 2.45) is 0 Å². The van der Waals surface area contributed by atoms with Gasteiger partial charge in [-0.15, -0.1) is 0 Å². The maximum Gasteiger partial charge on any atom is 0.220 e. The third kappa shape index (κ3) is 2.73. The SMILES string of the molecule is CC(NCC1CCC(=O)N1)c1ccc2c(c1)CCO2. The fourth-order valence-corrected chi connectivity index (χ4v) is 2.74. The van der Waals surface area contributed by atoms with E-state index < -0.39 is 0 Å². The monoisotopic (exact) mass is 260 g/mol. The number of fused-ring (bicyclic) bond motifs is 1. The Hall–Kier alpha value is -1.55. The maximum atomic E-state index is 11.1. The molecule has 3 rings (SSSR count). The molecule has 1 aromatic rings. The molecule has 2 unspecified atom stereocenters. The highest BCUT2D eigenvalue weighted by molar-refractivity contribution is 5.78. The van der Waals surface area contributed by atoms with Crippen molar-refractivity contribution in [3.63, 3.8) is 0 Å². The highest BCUT2D eigenvalue weighted by Crippen LogP contribution is 2.28. The zero-order valence-corrected chi connectivity index (χ0v) is 11.2. The Kier molecular flexibility index (Phi) is 3.42. The number of ether oxygens (including phenoxy) is 1. The minimum absolute atomic E-state index is 0.175. The van der Waals surface area contributed by atoms with Gasteiger partial charge in [-0.2, -0.15) is 0 Å². The van der Waals surface area contributed by atoms with Crippen LogP contribution < -0.4 is 15.4 Å². The van der Waals surface area contributed by atoms with Crippen LogP contribution in [0.4, 0.5) is 0 Å². The van der Waals surface area contributed by atoms with Gasteiger partial charge in [0, 0.05) is 31.5 Å². The van der Waals surface area contributed by atoms with Crippen molar-refractivity contribution in [3.05, 3.63) is 29.3 Å². The van der Waals surface area contributed by atoms with Crippen LogP contribution in [0.1, 0.15) is 36.9 Å². The summed E-state index contributed by atoms with van der Waals surface area (Å²) in [5, 5.41) is 6.48. The fraction of sp³-hybridized carbons (Fsp3) is 0.533. The van der Waals surface area contributed by atoms with E-state index in [-0.39, 0.29) is 11.9 Å². The Labute approximate surface area is 113 Å². The molecule has 0 spiro atoms. The Balaban J connectivity index is 1.58. The molecule has 4 nitrogen and oxygen atoms in total. The van der Waals surface area contributed by atoms with Crippen molar-refractivity contribution in [3.8, 4) is 5.75 Å². The van der Waals surface area contributed by atoms with Gasteiger partial charge in [-0.3, -0.25) is 4.79 Å². The lowest BCUT2D eigenvalue weighted by atomic mass is 10.0. The summed E-state index contributed by atoms with van der Waals surface area (Å²) in [5.74, 6) is 1.20. The molecule has 2 aliphatic rings. The molecule has 1 aromatic carbocycles. The van der Waals surface area contributed by atoms with Crippen molar-refractivity contribution in [2.45, 2.75) is 38.3 Å². The van der Waals surface area contributed by atoms with Crippen LogP contribution in [0.15, 0.2) is 18.2 Å². The maximum absolute atomic E-state index is 11.1. The third-order valence-corrected chi connectivity index (χ3v) is 3.97. The zero-order valence-electron chi connectivity index (χ0n) is 11.2. The molecule has 4 heteroatoms. The number of amides is 1. The summed E-state index contributed by atoms with van der Waals surface area (Å²) in [7, 11) is 0. The number of rotatable bonds is 4. The van der Waals surface area contributed by atoms with Crippen LogP contribution in [-0.2, 0) is 11.2 Å². The molecule has 0 aromatic heterocycles. The van der Waals surface area contributed by atoms with Gasteiger partial charge in [0.15, 0.2) is 0 Å². The van der Waals surface area contributed by atoms with Crippen LogP contribution in [0.2, 0.25) is 0 Å². The molecule has 2 atom stereocenters. The number of hydrogen-bond acceptors (Lipinski definition) is 3. The highest BCUT2D eigenvalue weighted by atomic mass is 16.5. The Bertz CT molecular complexity index is 487. The molecule has 0 aliphatic carbocycles. The summed E-state index contributed by atoms with van der Waals surface area (Å²) >= 11 is 0. The molecule has 1 saturated heterocycles. The lowest BCUT2D eigenvalue weighted by Gasteiger charge is -2.18. The summed E-state index contributed by atoms with van der Waals surface area (Å²) < 4.78 is 5.52. The van der Waals surface area contributed by atoms with Crippen molar-refractivity contribution in [2.75, 3.05) is 13.2 Å². The fourth-order valence-electron chi connectivity index (χ4n) is 2.74. The van der Waals surface area contributed by atoms with Crippen LogP contribution in [0.5, 0.6) is 5.75 Å². The first kappa shape index (κ1) is 12.5. The summed E-state index contributed by atoms with van der Waals surface area (Å²) in [6.45, 7) is 3.80. The first-order valence-electron chi connectivity index (χ1n) is 7.01. The smallest absolute Gasteiger partial charge is 0.220 e. The Morgan fingerprint density at radius 2 is 2.37 bits per heavy atom. The lowest BCUT2D eigenvalue weighted by Crippen LogP contribution is -2.36. The molecule has 19 heavy (non-hydrogen) atoms. The van der Waals surface area contributed by atoms with Crippen LogP contribution in [0.3, 0.4) is 0 Å². The molecule has 1 fully saturated rings. The highest BCUT2D eigenvalue weighted by Gasteiger charge is 2.21. The minimum atomic E-state index is 0.175. The molecule has 2 N–H and O–H groups in total. The van der Waals surface area contributed by atoms with Gasteiger partial charge in [0.25, 0.3) is 0 Å². The van der Waals surface area contributed by atoms with Crippen LogP contribution in [0.25, 0.3) is 0 Å². The zero-order chi connectivity index (χ0) is 13.2. The Morgan fingerprint density at radius 1 is 1.47 bits per heavy atom. The van der Waals surface area contributed by atoms with Gasteiger partial charge >= 0.3 is 0 Å². The molecule has 1 amide bonds. The lowest BCUT2D eigenvalue weighted by molar-refractivity contribution is -0.119. The van der Waals surface area contributed by atoms with Gasteiger partial charge in [0.05, 0.1) is 6.61 Å². The summed E-state index contributed by atoms with van der Waals surface area (Å²) in [6.07, 6.45) is 2.61. The topological polar surface area (TPSA) is 50.4 Å². The Morgan fingerprint density at radius 3 is 3.16 bits per heavy atom. The van der Waals surface area contributed by atoms with Gasteiger partial charge in [-0.25, -0.2) is 0 Å². The van der Waals surface area contributed by atoms with Crippen molar-refractivity contribution < 1.29 is 9.53 Å². The second-order valence-corrected chi connectivity index (χ2v) is 5.40. The largest absolute Gasteiger partial charge is 0.493 e. The van der Waals surface area contributed by atoms with E-state index in [4.69, 9.17) is 4.74 Å². The molecule has 2 aliphatic heterocycles. The van der Waals surface area contributed by atoms with Crippen LogP contribution in [-0.4, -0.2) is 25.1 Å². The molecule has 2 heterocycles. The van der Waals surface area contributed by atoms with Crippen LogP contribution in [0, 0.1) is 0 Å². The molecule has 102 valence electrons. The minimum Gasteiger partial charge on any atom is -0.493 e. The third-order valence-electron chi connectivity index (χ3n) is 3.97. The van der Waals surface area contributed by atoms with Crippen LogP contribution >= 0.6 is 0 Å². The number of hydrogen-bond donors (Lipinski definition) is 2. The number of carbonyl (C=O) groups is 1. The van der Waals surface area contributed by atoms with E-state index in [0.717, 1.165) is 31.7 Å². The van der Waals surface area contributed by atoms with E-state index in [1.165, 1.54) is 11.1 Å². The average Bonchev–Trinajstić information content (AvgIpc) is 3.03. The van der Waals surface area contributed by atoms with Gasteiger partial charge in [0.2, 0.25) is 5.91 Å². The van der Waals surface area contributed by atoms with Crippen molar-refractivity contribution in [1.29, 1.82) is 0 Å². The van der Waals surface area contributed by atoms with E-state index in [9.17, 15) is 4.79 Å². The second kappa shape index (κ2) is 5.21. The van der Waals surface area contributed by atoms with Crippen molar-refractivity contribution in [1.82, 2.24) is 10.6 Å². The molecule has 0 saturated carbocycles. The first-order valence-corrected chi connectivity index (χ1v) is 7.01. The van der Waals surface area contributed by atoms with Gasteiger partial charge < -0.3 is 15.4 Å². The number of benzene rings is 1. The van der Waals surface area contributed by atoms with Gasteiger partial charge in [0.1, 0.15) is 5.75 Å². The summed E-state index contributed by atoms with van der Waals surface area (Å²) in [4.78, 5) is 11.1. The predicted molar refractivity (Wildman–Crippen MR) is 73.2 cm³/mol. The van der Waals surface area contributed by atoms with E-state index in [1.54, 1.807) is 0 Å². The predicted octanol–water partition coefficient (Wildman–Crippen LogP) is 1.55. The van der Waals surface area contributed by atoms with Gasteiger partial charge in [-0.05, 0) is 30.5 Å². The van der Waals surface area contributed by atoms with E-state index in [0.29, 0.717) is 12.5 Å². The number of carbonyl (C=O) groups excluding carboxylic acids is 1. The van der Waals surface area contributed by atoms with Crippen molar-refractivity contribution >= 4 is 5.91 Å². The number of nitrogens with one attached hydrogen (secondary N) is 2. The standard InChI is InChI=1S/C15H20N2O2/c1-10(16-9-13-3-5-15(18)17-13)11-2-4-14-12(8-11)6-7-19-14/h2,4,8,10,13,16H,3,5-7,9H2,1H3,(H,17,18). The quantitative estimate of drug-likeness (QED) is 0.863. The first-order chi connectivity index (χ1) is 9.22. The van der Waals surface area contributed by atoms with E-state index >= 15 is 0 Å². The second-order valence-electron chi connectivity index (χ2n) is 5.40. The molecule has 0 bridgehead atoms. The summed E-state index contributed by atoms with van der Waals surface area (Å²) in [5.41, 5.74) is 2.59. The van der Waals surface area contributed by atoms with Gasteiger partial charge in [-0.1, -0.05) is 12.1 Å². The molecular weight excluding hydrogens is 240 g/mol. The normalized spacial score (nSPS) is 22.8.